The molecule has 1 aliphatic rings. The lowest BCUT2D eigenvalue weighted by Gasteiger charge is -2.04. The molecule has 100 valence electrons. The van der Waals surface area contributed by atoms with Gasteiger partial charge in [-0.2, -0.15) is 0 Å². The van der Waals surface area contributed by atoms with Crippen LogP contribution >= 0.6 is 0 Å². The van der Waals surface area contributed by atoms with Gasteiger partial charge in [-0.3, -0.25) is 9.59 Å². The molecule has 0 fully saturated rings. The zero-order chi connectivity index (χ0) is 14.3. The third-order valence-electron chi connectivity index (χ3n) is 3.41. The van der Waals surface area contributed by atoms with Gasteiger partial charge in [-0.15, -0.1) is 0 Å². The first kappa shape index (κ1) is 12.5. The summed E-state index contributed by atoms with van der Waals surface area (Å²) in [6, 6.07) is 10.3. The second-order valence-electron chi connectivity index (χ2n) is 4.73. The van der Waals surface area contributed by atoms with Gasteiger partial charge in [-0.25, -0.2) is 4.39 Å². The maximum absolute atomic E-state index is 12.9. The molecular weight excluding hydrogens is 259 g/mol. The molecule has 2 aromatic carbocycles. The molecule has 1 atom stereocenters. The third kappa shape index (κ3) is 1.99. The van der Waals surface area contributed by atoms with Crippen LogP contribution in [0, 0.1) is 5.82 Å². The quantitative estimate of drug-likeness (QED) is 0.478. The minimum Gasteiger partial charge on any atom is -0.426 e. The Kier molecular flexibility index (Phi) is 2.86. The van der Waals surface area contributed by atoms with Crippen molar-refractivity contribution in [3.8, 4) is 5.75 Å². The number of hydrogen-bond acceptors (Lipinski definition) is 3. The van der Waals surface area contributed by atoms with Crippen LogP contribution in [0.2, 0.25) is 0 Å². The maximum Gasteiger partial charge on any atom is 0.318 e. The monoisotopic (exact) mass is 270 g/mol. The summed E-state index contributed by atoms with van der Waals surface area (Å²) in [5.74, 6) is -0.780. The minimum absolute atomic E-state index is 0.209. The molecule has 0 amide bonds. The third-order valence-corrected chi connectivity index (χ3v) is 3.41. The standard InChI is InChI=1S/C16H11FO3/c1-9-13-8-11(4-7-14(13)20-16(9)19)15(18)10-2-5-12(17)6-3-10/h2-9H,1H3. The molecule has 1 unspecified atom stereocenters. The van der Waals surface area contributed by atoms with Crippen LogP contribution in [-0.2, 0) is 4.79 Å². The van der Waals surface area contributed by atoms with E-state index in [9.17, 15) is 14.0 Å². The molecule has 3 nitrogen and oxygen atoms in total. The van der Waals surface area contributed by atoms with Gasteiger partial charge in [0.25, 0.3) is 0 Å². The van der Waals surface area contributed by atoms with Crippen LogP contribution in [0.3, 0.4) is 0 Å². The van der Waals surface area contributed by atoms with Crippen molar-refractivity contribution in [2.45, 2.75) is 12.8 Å². The van der Waals surface area contributed by atoms with Gasteiger partial charge in [0.1, 0.15) is 11.6 Å². The van der Waals surface area contributed by atoms with Gasteiger partial charge >= 0.3 is 5.97 Å². The average molecular weight is 270 g/mol. The molecule has 0 bridgehead atoms. The van der Waals surface area contributed by atoms with Crippen LogP contribution in [0.15, 0.2) is 42.5 Å². The summed E-state index contributed by atoms with van der Waals surface area (Å²) in [5.41, 5.74) is 1.58. The summed E-state index contributed by atoms with van der Waals surface area (Å²) >= 11 is 0. The van der Waals surface area contributed by atoms with Crippen molar-refractivity contribution < 1.29 is 18.7 Å². The van der Waals surface area contributed by atoms with Gasteiger partial charge in [0, 0.05) is 16.7 Å². The van der Waals surface area contributed by atoms with Crippen molar-refractivity contribution in [3.05, 3.63) is 65.0 Å². The molecule has 0 radical (unpaired) electrons. The summed E-state index contributed by atoms with van der Waals surface area (Å²) in [4.78, 5) is 23.8. The lowest BCUT2D eigenvalue weighted by Crippen LogP contribution is -2.06. The Morgan fingerprint density at radius 1 is 1.10 bits per heavy atom. The van der Waals surface area contributed by atoms with Gasteiger partial charge in [0.05, 0.1) is 5.92 Å². The topological polar surface area (TPSA) is 43.4 Å². The average Bonchev–Trinajstić information content (AvgIpc) is 2.74. The number of fused-ring (bicyclic) bond motifs is 1. The van der Waals surface area contributed by atoms with Gasteiger partial charge in [0.2, 0.25) is 0 Å². The molecule has 1 heterocycles. The summed E-state index contributed by atoms with van der Waals surface area (Å²) < 4.78 is 17.9. The Balaban J connectivity index is 1.98. The maximum atomic E-state index is 12.9. The number of esters is 1. The van der Waals surface area contributed by atoms with Crippen LogP contribution in [0.1, 0.15) is 34.3 Å². The van der Waals surface area contributed by atoms with E-state index in [1.807, 2.05) is 0 Å². The number of carbonyl (C=O) groups is 2. The van der Waals surface area contributed by atoms with Crippen LogP contribution < -0.4 is 4.74 Å². The van der Waals surface area contributed by atoms with E-state index in [0.29, 0.717) is 22.4 Å². The minimum atomic E-state index is -0.386. The van der Waals surface area contributed by atoms with Crippen LogP contribution in [0.4, 0.5) is 4.39 Å². The lowest BCUT2D eigenvalue weighted by atomic mass is 9.96. The molecule has 2 aromatic rings. The Hall–Kier alpha value is -2.49. The highest BCUT2D eigenvalue weighted by Gasteiger charge is 2.29. The molecule has 0 N–H and O–H groups in total. The van der Waals surface area contributed by atoms with Crippen molar-refractivity contribution in [3.63, 3.8) is 0 Å². The molecule has 20 heavy (non-hydrogen) atoms. The number of halogens is 1. The second-order valence-corrected chi connectivity index (χ2v) is 4.73. The van der Waals surface area contributed by atoms with Gasteiger partial charge in [-0.1, -0.05) is 0 Å². The van der Waals surface area contributed by atoms with E-state index >= 15 is 0 Å². The molecule has 3 rings (SSSR count). The molecule has 4 heteroatoms. The molecule has 1 aliphatic heterocycles. The van der Waals surface area contributed by atoms with Crippen molar-refractivity contribution in [1.29, 1.82) is 0 Å². The first-order chi connectivity index (χ1) is 9.56. The number of rotatable bonds is 2. The number of benzene rings is 2. The predicted octanol–water partition coefficient (Wildman–Crippen LogP) is 3.08. The van der Waals surface area contributed by atoms with Crippen molar-refractivity contribution >= 4 is 11.8 Å². The van der Waals surface area contributed by atoms with Crippen LogP contribution in [-0.4, -0.2) is 11.8 Å². The summed E-state index contributed by atoms with van der Waals surface area (Å²) in [6.45, 7) is 1.74. The van der Waals surface area contributed by atoms with E-state index in [2.05, 4.69) is 0 Å². The van der Waals surface area contributed by atoms with Gasteiger partial charge < -0.3 is 4.74 Å². The fourth-order valence-electron chi connectivity index (χ4n) is 2.21. The van der Waals surface area contributed by atoms with Gasteiger partial charge in [-0.05, 0) is 49.4 Å². The van der Waals surface area contributed by atoms with Crippen molar-refractivity contribution in [1.82, 2.24) is 0 Å². The van der Waals surface area contributed by atoms with E-state index in [0.717, 1.165) is 0 Å². The molecule has 0 aromatic heterocycles. The van der Waals surface area contributed by atoms with E-state index in [1.54, 1.807) is 25.1 Å². The Morgan fingerprint density at radius 3 is 2.45 bits per heavy atom. The highest BCUT2D eigenvalue weighted by atomic mass is 19.1. The van der Waals surface area contributed by atoms with Gasteiger partial charge in [0.15, 0.2) is 5.78 Å². The fourth-order valence-corrected chi connectivity index (χ4v) is 2.21. The SMILES string of the molecule is CC1C(=O)Oc2ccc(C(=O)c3ccc(F)cc3)cc21. The molecule has 0 spiro atoms. The molecule has 0 aliphatic carbocycles. The zero-order valence-electron chi connectivity index (χ0n) is 10.7. The Morgan fingerprint density at radius 2 is 1.75 bits per heavy atom. The number of ether oxygens (including phenoxy) is 1. The first-order valence-electron chi connectivity index (χ1n) is 6.22. The van der Waals surface area contributed by atoms with Crippen LogP contribution in [0.25, 0.3) is 0 Å². The van der Waals surface area contributed by atoms with Crippen molar-refractivity contribution in [2.75, 3.05) is 0 Å². The highest BCUT2D eigenvalue weighted by Crippen LogP contribution is 2.35. The predicted molar refractivity (Wildman–Crippen MR) is 70.3 cm³/mol. The number of hydrogen-bond donors (Lipinski definition) is 0. The number of carbonyl (C=O) groups excluding carboxylic acids is 2. The molecular formula is C16H11FO3. The Labute approximate surface area is 115 Å². The molecule has 0 saturated carbocycles. The lowest BCUT2D eigenvalue weighted by molar-refractivity contribution is -0.133. The smallest absolute Gasteiger partial charge is 0.318 e. The largest absolute Gasteiger partial charge is 0.426 e. The summed E-state index contributed by atoms with van der Waals surface area (Å²) in [5, 5.41) is 0. The fraction of sp³-hybridized carbons (Fsp3) is 0.125. The van der Waals surface area contributed by atoms with E-state index < -0.39 is 0 Å². The zero-order valence-corrected chi connectivity index (χ0v) is 10.7. The number of ketones is 1. The summed E-state index contributed by atoms with van der Waals surface area (Å²) in [7, 11) is 0. The van der Waals surface area contributed by atoms with E-state index in [4.69, 9.17) is 4.74 Å². The molecule has 0 saturated heterocycles. The summed E-state index contributed by atoms with van der Waals surface area (Å²) in [6.07, 6.45) is 0. The normalized spacial score (nSPS) is 16.7. The van der Waals surface area contributed by atoms with Crippen molar-refractivity contribution in [2.24, 2.45) is 0 Å². The highest BCUT2D eigenvalue weighted by molar-refractivity contribution is 6.09. The Bertz CT molecular complexity index is 704. The van der Waals surface area contributed by atoms with E-state index in [1.165, 1.54) is 24.3 Å². The van der Waals surface area contributed by atoms with Crippen LogP contribution in [0.5, 0.6) is 5.75 Å². The van der Waals surface area contributed by atoms with E-state index in [-0.39, 0.29) is 23.5 Å². The second kappa shape index (κ2) is 4.56. The first-order valence-corrected chi connectivity index (χ1v) is 6.22.